The van der Waals surface area contributed by atoms with E-state index in [-0.39, 0.29) is 11.9 Å². The Morgan fingerprint density at radius 3 is 2.65 bits per heavy atom. The maximum absolute atomic E-state index is 12.0. The number of nitrogens with one attached hydrogen (secondary N) is 1. The first-order valence-corrected chi connectivity index (χ1v) is 5.36. The number of hydrogen-bond acceptors (Lipinski definition) is 4. The molecule has 0 saturated carbocycles. The van der Waals surface area contributed by atoms with Crippen molar-refractivity contribution in [1.82, 2.24) is 5.32 Å². The van der Waals surface area contributed by atoms with E-state index in [1.165, 1.54) is 14.2 Å². The van der Waals surface area contributed by atoms with Crippen LogP contribution in [-0.2, 0) is 0 Å². The van der Waals surface area contributed by atoms with Crippen molar-refractivity contribution in [3.8, 4) is 11.5 Å². The predicted molar refractivity (Wildman–Crippen MR) is 65.5 cm³/mol. The monoisotopic (exact) mass is 238 g/mol. The summed E-state index contributed by atoms with van der Waals surface area (Å²) < 4.78 is 10.3. The summed E-state index contributed by atoms with van der Waals surface area (Å²) in [6.07, 6.45) is 0. The van der Waals surface area contributed by atoms with Crippen molar-refractivity contribution in [2.75, 3.05) is 20.8 Å². The van der Waals surface area contributed by atoms with E-state index in [0.29, 0.717) is 23.6 Å². The van der Waals surface area contributed by atoms with E-state index in [1.54, 1.807) is 18.2 Å². The second kappa shape index (κ2) is 6.10. The van der Waals surface area contributed by atoms with Gasteiger partial charge < -0.3 is 20.5 Å². The van der Waals surface area contributed by atoms with Gasteiger partial charge in [-0.25, -0.2) is 0 Å². The first-order chi connectivity index (χ1) is 8.13. The summed E-state index contributed by atoms with van der Waals surface area (Å²) >= 11 is 0. The van der Waals surface area contributed by atoms with Crippen LogP contribution < -0.4 is 20.5 Å². The summed E-state index contributed by atoms with van der Waals surface area (Å²) in [4.78, 5) is 12.0. The van der Waals surface area contributed by atoms with E-state index in [2.05, 4.69) is 5.32 Å². The van der Waals surface area contributed by atoms with E-state index in [9.17, 15) is 4.79 Å². The summed E-state index contributed by atoms with van der Waals surface area (Å²) in [7, 11) is 3.03. The zero-order chi connectivity index (χ0) is 12.8. The number of hydrogen-bond donors (Lipinski definition) is 2. The standard InChI is InChI=1S/C12H18N2O3/c1-8(7-13)14-12(15)9-5-4-6-10(16-2)11(9)17-3/h4-6,8H,7,13H2,1-3H3,(H,14,15). The molecule has 1 amide bonds. The fraction of sp³-hybridized carbons (Fsp3) is 0.417. The number of para-hydroxylation sites is 1. The van der Waals surface area contributed by atoms with Crippen LogP contribution in [0.15, 0.2) is 18.2 Å². The number of carbonyl (C=O) groups excluding carboxylic acids is 1. The van der Waals surface area contributed by atoms with Gasteiger partial charge in [-0.2, -0.15) is 0 Å². The number of benzene rings is 1. The van der Waals surface area contributed by atoms with Crippen molar-refractivity contribution >= 4 is 5.91 Å². The SMILES string of the molecule is COc1cccc(C(=O)NC(C)CN)c1OC. The fourth-order valence-electron chi connectivity index (χ4n) is 1.43. The molecule has 0 aliphatic rings. The first-order valence-electron chi connectivity index (χ1n) is 5.36. The Morgan fingerprint density at radius 1 is 1.41 bits per heavy atom. The van der Waals surface area contributed by atoms with Crippen LogP contribution in [0.5, 0.6) is 11.5 Å². The molecule has 1 aromatic rings. The van der Waals surface area contributed by atoms with Gasteiger partial charge in [-0.05, 0) is 19.1 Å². The number of rotatable bonds is 5. The first kappa shape index (κ1) is 13.3. The minimum absolute atomic E-state index is 0.0848. The highest BCUT2D eigenvalue weighted by Gasteiger charge is 2.17. The van der Waals surface area contributed by atoms with Crippen molar-refractivity contribution in [3.05, 3.63) is 23.8 Å². The maximum atomic E-state index is 12.0. The second-order valence-electron chi connectivity index (χ2n) is 3.65. The number of carbonyl (C=O) groups is 1. The Morgan fingerprint density at radius 2 is 2.12 bits per heavy atom. The highest BCUT2D eigenvalue weighted by molar-refractivity contribution is 5.98. The Bertz CT molecular complexity index is 393. The summed E-state index contributed by atoms with van der Waals surface area (Å²) in [6, 6.07) is 5.07. The normalized spacial score (nSPS) is 11.8. The largest absolute Gasteiger partial charge is 0.493 e. The molecular weight excluding hydrogens is 220 g/mol. The summed E-state index contributed by atoms with van der Waals surface area (Å²) in [5.41, 5.74) is 5.89. The van der Waals surface area contributed by atoms with Crippen LogP contribution >= 0.6 is 0 Å². The lowest BCUT2D eigenvalue weighted by molar-refractivity contribution is 0.0937. The smallest absolute Gasteiger partial charge is 0.255 e. The highest BCUT2D eigenvalue weighted by Crippen LogP contribution is 2.30. The molecule has 94 valence electrons. The van der Waals surface area contributed by atoms with Crippen molar-refractivity contribution in [3.63, 3.8) is 0 Å². The molecule has 0 radical (unpaired) electrons. The molecule has 1 atom stereocenters. The number of nitrogens with two attached hydrogens (primary N) is 1. The van der Waals surface area contributed by atoms with E-state index >= 15 is 0 Å². The number of methoxy groups -OCH3 is 2. The quantitative estimate of drug-likeness (QED) is 0.795. The van der Waals surface area contributed by atoms with Crippen molar-refractivity contribution < 1.29 is 14.3 Å². The lowest BCUT2D eigenvalue weighted by atomic mass is 10.1. The third-order valence-electron chi connectivity index (χ3n) is 2.38. The molecule has 0 bridgehead atoms. The molecule has 0 aromatic heterocycles. The van der Waals surface area contributed by atoms with Crippen LogP contribution in [-0.4, -0.2) is 32.7 Å². The molecule has 0 heterocycles. The lowest BCUT2D eigenvalue weighted by Crippen LogP contribution is -2.37. The summed E-state index contributed by atoms with van der Waals surface area (Å²) in [5.74, 6) is 0.732. The van der Waals surface area contributed by atoms with Crippen LogP contribution in [0.3, 0.4) is 0 Å². The van der Waals surface area contributed by atoms with Crippen LogP contribution in [0.4, 0.5) is 0 Å². The Hall–Kier alpha value is -1.75. The highest BCUT2D eigenvalue weighted by atomic mass is 16.5. The zero-order valence-electron chi connectivity index (χ0n) is 10.3. The topological polar surface area (TPSA) is 73.6 Å². The molecule has 0 spiro atoms. The van der Waals surface area contributed by atoms with Crippen molar-refractivity contribution in [2.45, 2.75) is 13.0 Å². The Labute approximate surface area is 101 Å². The van der Waals surface area contributed by atoms with E-state index < -0.39 is 0 Å². The molecule has 0 aliphatic heterocycles. The van der Waals surface area contributed by atoms with Gasteiger partial charge in [-0.1, -0.05) is 6.07 Å². The molecule has 1 unspecified atom stereocenters. The van der Waals surface area contributed by atoms with Crippen LogP contribution in [0.1, 0.15) is 17.3 Å². The van der Waals surface area contributed by atoms with Crippen molar-refractivity contribution in [1.29, 1.82) is 0 Å². The average Bonchev–Trinajstić information content (AvgIpc) is 2.37. The van der Waals surface area contributed by atoms with Crippen molar-refractivity contribution in [2.24, 2.45) is 5.73 Å². The van der Waals surface area contributed by atoms with E-state index in [0.717, 1.165) is 0 Å². The van der Waals surface area contributed by atoms with Gasteiger partial charge in [0, 0.05) is 12.6 Å². The minimum Gasteiger partial charge on any atom is -0.493 e. The summed E-state index contributed by atoms with van der Waals surface area (Å²) in [5, 5.41) is 2.77. The van der Waals surface area contributed by atoms with Gasteiger partial charge in [0.1, 0.15) is 0 Å². The van der Waals surface area contributed by atoms with Gasteiger partial charge in [0.05, 0.1) is 19.8 Å². The molecular formula is C12H18N2O3. The molecule has 0 saturated heterocycles. The molecule has 17 heavy (non-hydrogen) atoms. The Balaban J connectivity index is 3.00. The van der Waals surface area contributed by atoms with E-state index in [1.807, 2.05) is 6.92 Å². The van der Waals surface area contributed by atoms with Gasteiger partial charge in [0.25, 0.3) is 5.91 Å². The average molecular weight is 238 g/mol. The summed E-state index contributed by atoms with van der Waals surface area (Å²) in [6.45, 7) is 2.22. The second-order valence-corrected chi connectivity index (χ2v) is 3.65. The number of ether oxygens (including phenoxy) is 2. The molecule has 5 heteroatoms. The van der Waals surface area contributed by atoms with Crippen LogP contribution in [0.25, 0.3) is 0 Å². The van der Waals surface area contributed by atoms with Gasteiger partial charge in [0.2, 0.25) is 0 Å². The Kier molecular flexibility index (Phi) is 4.78. The van der Waals surface area contributed by atoms with E-state index in [4.69, 9.17) is 15.2 Å². The molecule has 1 rings (SSSR count). The third kappa shape index (κ3) is 3.10. The predicted octanol–water partition coefficient (Wildman–Crippen LogP) is 0.781. The van der Waals surface area contributed by atoms with Gasteiger partial charge in [-0.3, -0.25) is 4.79 Å². The minimum atomic E-state index is -0.223. The lowest BCUT2D eigenvalue weighted by Gasteiger charge is -2.15. The van der Waals surface area contributed by atoms with Gasteiger partial charge >= 0.3 is 0 Å². The van der Waals surface area contributed by atoms with Crippen LogP contribution in [0, 0.1) is 0 Å². The number of amides is 1. The molecule has 0 fully saturated rings. The molecule has 3 N–H and O–H groups in total. The molecule has 0 aliphatic carbocycles. The van der Waals surface area contributed by atoms with Gasteiger partial charge in [-0.15, -0.1) is 0 Å². The van der Waals surface area contributed by atoms with Crippen LogP contribution in [0.2, 0.25) is 0 Å². The zero-order valence-corrected chi connectivity index (χ0v) is 10.3. The maximum Gasteiger partial charge on any atom is 0.255 e. The molecule has 1 aromatic carbocycles. The molecule has 5 nitrogen and oxygen atoms in total. The van der Waals surface area contributed by atoms with Gasteiger partial charge in [0.15, 0.2) is 11.5 Å². The third-order valence-corrected chi connectivity index (χ3v) is 2.38. The fourth-order valence-corrected chi connectivity index (χ4v) is 1.43.